The molecule has 1 amide bonds. The number of rotatable bonds is 5. The standard InChI is InChI=1S/C20H18ClN3O4/c1-26-16-6-12(7-17(10-16)27-2)19-22-20(28-23-19)13-8-18(25)24(11-13)15-5-3-4-14(21)9-15/h3-7,9-10,13H,8,11H2,1-2H3. The van der Waals surface area contributed by atoms with Gasteiger partial charge in [0.2, 0.25) is 17.6 Å². The summed E-state index contributed by atoms with van der Waals surface area (Å²) in [5.74, 6) is 1.92. The van der Waals surface area contributed by atoms with E-state index in [1.807, 2.05) is 12.1 Å². The molecule has 3 aromatic rings. The summed E-state index contributed by atoms with van der Waals surface area (Å²) in [5, 5.41) is 4.65. The van der Waals surface area contributed by atoms with Crippen molar-refractivity contribution in [2.45, 2.75) is 12.3 Å². The Bertz CT molecular complexity index is 998. The van der Waals surface area contributed by atoms with Crippen LogP contribution in [0.15, 0.2) is 47.0 Å². The Morgan fingerprint density at radius 2 is 1.89 bits per heavy atom. The van der Waals surface area contributed by atoms with E-state index in [1.54, 1.807) is 49.5 Å². The quantitative estimate of drug-likeness (QED) is 0.647. The van der Waals surface area contributed by atoms with Crippen LogP contribution < -0.4 is 14.4 Å². The monoisotopic (exact) mass is 399 g/mol. The van der Waals surface area contributed by atoms with E-state index in [0.29, 0.717) is 46.8 Å². The normalized spacial score (nSPS) is 16.5. The van der Waals surface area contributed by atoms with Crippen molar-refractivity contribution in [3.8, 4) is 22.9 Å². The lowest BCUT2D eigenvalue weighted by Crippen LogP contribution is -2.24. The van der Waals surface area contributed by atoms with Gasteiger partial charge in [-0.15, -0.1) is 0 Å². The number of methoxy groups -OCH3 is 2. The topological polar surface area (TPSA) is 77.7 Å². The minimum absolute atomic E-state index is 0.00457. The Labute approximate surface area is 166 Å². The van der Waals surface area contributed by atoms with Gasteiger partial charge >= 0.3 is 0 Å². The molecule has 144 valence electrons. The Hall–Kier alpha value is -3.06. The Balaban J connectivity index is 1.58. The van der Waals surface area contributed by atoms with E-state index in [4.69, 9.17) is 25.6 Å². The molecule has 2 aromatic carbocycles. The molecular formula is C20H18ClN3O4. The van der Waals surface area contributed by atoms with Crippen molar-refractivity contribution in [3.63, 3.8) is 0 Å². The molecule has 1 aliphatic heterocycles. The number of amides is 1. The van der Waals surface area contributed by atoms with Crippen molar-refractivity contribution in [2.75, 3.05) is 25.7 Å². The summed E-state index contributed by atoms with van der Waals surface area (Å²) in [7, 11) is 3.16. The van der Waals surface area contributed by atoms with Gasteiger partial charge in [0.25, 0.3) is 0 Å². The highest BCUT2D eigenvalue weighted by Crippen LogP contribution is 2.34. The molecule has 7 nitrogen and oxygen atoms in total. The molecule has 0 saturated carbocycles. The number of carbonyl (C=O) groups excluding carboxylic acids is 1. The van der Waals surface area contributed by atoms with E-state index in [0.717, 1.165) is 5.69 Å². The molecular weight excluding hydrogens is 382 g/mol. The van der Waals surface area contributed by atoms with Crippen molar-refractivity contribution in [1.29, 1.82) is 0 Å². The fraction of sp³-hybridized carbons (Fsp3) is 0.250. The number of carbonyl (C=O) groups is 1. The van der Waals surface area contributed by atoms with E-state index in [-0.39, 0.29) is 11.8 Å². The van der Waals surface area contributed by atoms with Crippen molar-refractivity contribution in [2.24, 2.45) is 0 Å². The van der Waals surface area contributed by atoms with Crippen LogP contribution in [0.3, 0.4) is 0 Å². The molecule has 8 heteroatoms. The molecule has 0 bridgehead atoms. The molecule has 0 spiro atoms. The van der Waals surface area contributed by atoms with Crippen molar-refractivity contribution < 1.29 is 18.8 Å². The van der Waals surface area contributed by atoms with Crippen LogP contribution in [0.1, 0.15) is 18.2 Å². The summed E-state index contributed by atoms with van der Waals surface area (Å²) < 4.78 is 16.0. The Kier molecular flexibility index (Phi) is 4.92. The molecule has 2 heterocycles. The molecule has 0 N–H and O–H groups in total. The fourth-order valence-corrected chi connectivity index (χ4v) is 3.41. The van der Waals surface area contributed by atoms with E-state index < -0.39 is 0 Å². The van der Waals surface area contributed by atoms with Crippen molar-refractivity contribution in [1.82, 2.24) is 10.1 Å². The average molecular weight is 400 g/mol. The zero-order valence-electron chi connectivity index (χ0n) is 15.4. The fourth-order valence-electron chi connectivity index (χ4n) is 3.22. The molecule has 1 fully saturated rings. The van der Waals surface area contributed by atoms with Gasteiger partial charge in [0.15, 0.2) is 0 Å². The van der Waals surface area contributed by atoms with Crippen LogP contribution in [0.2, 0.25) is 5.02 Å². The van der Waals surface area contributed by atoms with E-state index in [9.17, 15) is 4.79 Å². The van der Waals surface area contributed by atoms with Crippen LogP contribution in [0.4, 0.5) is 5.69 Å². The molecule has 1 aromatic heterocycles. The molecule has 4 rings (SSSR count). The van der Waals surface area contributed by atoms with Gasteiger partial charge in [-0.2, -0.15) is 4.98 Å². The third-order valence-electron chi connectivity index (χ3n) is 4.65. The maximum atomic E-state index is 12.5. The molecule has 1 unspecified atom stereocenters. The van der Waals surface area contributed by atoms with Crippen molar-refractivity contribution in [3.05, 3.63) is 53.4 Å². The molecule has 1 aliphatic rings. The van der Waals surface area contributed by atoms with Gasteiger partial charge in [0, 0.05) is 35.3 Å². The lowest BCUT2D eigenvalue weighted by atomic mass is 10.1. The number of halogens is 1. The Morgan fingerprint density at radius 1 is 1.14 bits per heavy atom. The second kappa shape index (κ2) is 7.52. The molecule has 0 radical (unpaired) electrons. The van der Waals surface area contributed by atoms with Crippen LogP contribution in [0.25, 0.3) is 11.4 Å². The van der Waals surface area contributed by atoms with Crippen LogP contribution in [-0.4, -0.2) is 36.8 Å². The number of hydrogen-bond donors (Lipinski definition) is 0. The van der Waals surface area contributed by atoms with Crippen LogP contribution in [-0.2, 0) is 4.79 Å². The number of hydrogen-bond acceptors (Lipinski definition) is 6. The molecule has 28 heavy (non-hydrogen) atoms. The maximum Gasteiger partial charge on any atom is 0.232 e. The number of benzene rings is 2. The first kappa shape index (κ1) is 18.3. The summed E-state index contributed by atoms with van der Waals surface area (Å²) >= 11 is 6.05. The van der Waals surface area contributed by atoms with Crippen molar-refractivity contribution >= 4 is 23.2 Å². The first-order valence-electron chi connectivity index (χ1n) is 8.70. The van der Waals surface area contributed by atoms with Crippen LogP contribution in [0.5, 0.6) is 11.5 Å². The largest absolute Gasteiger partial charge is 0.497 e. The van der Waals surface area contributed by atoms with Gasteiger partial charge in [-0.25, -0.2) is 0 Å². The number of ether oxygens (including phenoxy) is 2. The lowest BCUT2D eigenvalue weighted by molar-refractivity contribution is -0.117. The van der Waals surface area contributed by atoms with Crippen LogP contribution >= 0.6 is 11.6 Å². The Morgan fingerprint density at radius 3 is 2.57 bits per heavy atom. The number of anilines is 1. The van der Waals surface area contributed by atoms with E-state index in [2.05, 4.69) is 10.1 Å². The summed E-state index contributed by atoms with van der Waals surface area (Å²) in [6.07, 6.45) is 0.301. The second-order valence-electron chi connectivity index (χ2n) is 6.44. The van der Waals surface area contributed by atoms with Crippen LogP contribution in [0, 0.1) is 0 Å². The highest BCUT2D eigenvalue weighted by molar-refractivity contribution is 6.30. The summed E-state index contributed by atoms with van der Waals surface area (Å²) in [6.45, 7) is 0.461. The van der Waals surface area contributed by atoms with Gasteiger partial charge in [-0.05, 0) is 30.3 Å². The highest BCUT2D eigenvalue weighted by Gasteiger charge is 2.35. The second-order valence-corrected chi connectivity index (χ2v) is 6.88. The van der Waals surface area contributed by atoms with Gasteiger partial charge in [0.05, 0.1) is 20.1 Å². The lowest BCUT2D eigenvalue weighted by Gasteiger charge is -2.16. The molecule has 1 atom stereocenters. The van der Waals surface area contributed by atoms with Gasteiger partial charge in [-0.1, -0.05) is 22.8 Å². The SMILES string of the molecule is COc1cc(OC)cc(-c2noc(C3CC(=O)N(c4cccc(Cl)c4)C3)n2)c1. The molecule has 1 saturated heterocycles. The summed E-state index contributed by atoms with van der Waals surface area (Å²) in [4.78, 5) is 18.7. The summed E-state index contributed by atoms with van der Waals surface area (Å²) in [6, 6.07) is 12.6. The minimum Gasteiger partial charge on any atom is -0.497 e. The first-order valence-corrected chi connectivity index (χ1v) is 9.08. The number of nitrogens with zero attached hydrogens (tertiary/aromatic N) is 3. The zero-order valence-corrected chi connectivity index (χ0v) is 16.1. The van der Waals surface area contributed by atoms with E-state index in [1.165, 1.54) is 0 Å². The smallest absolute Gasteiger partial charge is 0.232 e. The first-order chi connectivity index (χ1) is 13.6. The predicted octanol–water partition coefficient (Wildman–Crippen LogP) is 3.93. The average Bonchev–Trinajstić information content (AvgIpc) is 3.34. The minimum atomic E-state index is -0.180. The zero-order chi connectivity index (χ0) is 19.7. The van der Waals surface area contributed by atoms with Gasteiger partial charge in [-0.3, -0.25) is 4.79 Å². The predicted molar refractivity (Wildman–Crippen MR) is 104 cm³/mol. The third-order valence-corrected chi connectivity index (χ3v) is 4.88. The van der Waals surface area contributed by atoms with Gasteiger partial charge < -0.3 is 18.9 Å². The number of aromatic nitrogens is 2. The molecule has 0 aliphatic carbocycles. The van der Waals surface area contributed by atoms with Gasteiger partial charge in [0.1, 0.15) is 11.5 Å². The highest BCUT2D eigenvalue weighted by atomic mass is 35.5. The third kappa shape index (κ3) is 3.53. The van der Waals surface area contributed by atoms with E-state index >= 15 is 0 Å². The summed E-state index contributed by atoms with van der Waals surface area (Å²) in [5.41, 5.74) is 1.47. The maximum absolute atomic E-state index is 12.5.